The van der Waals surface area contributed by atoms with Crippen LogP contribution in [0, 0.1) is 5.41 Å². The van der Waals surface area contributed by atoms with Gasteiger partial charge in [0.05, 0.1) is 6.54 Å². The van der Waals surface area contributed by atoms with Gasteiger partial charge in [0.25, 0.3) is 0 Å². The van der Waals surface area contributed by atoms with Crippen molar-refractivity contribution in [2.45, 2.75) is 13.0 Å². The molecule has 3 N–H and O–H groups in total. The third-order valence-electron chi connectivity index (χ3n) is 3.91. The smallest absolute Gasteiger partial charge is 0.194 e. The zero-order valence-electron chi connectivity index (χ0n) is 13.7. The zero-order chi connectivity index (χ0) is 17.6. The Morgan fingerprint density at radius 3 is 2.36 bits per heavy atom. The van der Waals surface area contributed by atoms with Gasteiger partial charge in [-0.1, -0.05) is 60.1 Å². The molecule has 3 aromatic rings. The molecule has 5 heteroatoms. The molecule has 25 heavy (non-hydrogen) atoms. The third-order valence-corrected chi connectivity index (χ3v) is 4.16. The second-order valence-electron chi connectivity index (χ2n) is 5.75. The first-order valence-electron chi connectivity index (χ1n) is 7.97. The molecule has 3 rings (SSSR count). The van der Waals surface area contributed by atoms with Gasteiger partial charge in [0, 0.05) is 17.6 Å². The molecular weight excluding hydrogens is 332 g/mol. The Labute approximate surface area is 152 Å². The third kappa shape index (κ3) is 4.37. The van der Waals surface area contributed by atoms with Gasteiger partial charge in [-0.3, -0.25) is 10.3 Å². The predicted molar refractivity (Wildman–Crippen MR) is 103 cm³/mol. The summed E-state index contributed by atoms with van der Waals surface area (Å²) in [6, 6.07) is 21.6. The average Bonchev–Trinajstić information content (AvgIpc) is 2.63. The van der Waals surface area contributed by atoms with Crippen LogP contribution in [0.5, 0.6) is 0 Å². The number of nitrogens with zero attached hydrogens (tertiary/aromatic N) is 2. The first kappa shape index (κ1) is 17.0. The molecule has 0 amide bonds. The number of hydrogen-bond acceptors (Lipinski definition) is 2. The van der Waals surface area contributed by atoms with E-state index in [-0.39, 0.29) is 5.96 Å². The fraction of sp³-hybridized carbons (Fsp3) is 0.100. The van der Waals surface area contributed by atoms with E-state index in [1.165, 1.54) is 5.56 Å². The van der Waals surface area contributed by atoms with Crippen molar-refractivity contribution in [2.75, 3.05) is 4.90 Å². The summed E-state index contributed by atoms with van der Waals surface area (Å²) in [5, 5.41) is 8.68. The molecule has 0 aliphatic rings. The molecule has 0 spiro atoms. The van der Waals surface area contributed by atoms with Crippen molar-refractivity contribution in [3.8, 4) is 0 Å². The molecule has 0 unspecified atom stereocenters. The second-order valence-corrected chi connectivity index (χ2v) is 6.18. The Bertz CT molecular complexity index is 847. The first-order chi connectivity index (χ1) is 12.1. The number of hydrogen-bond donors (Lipinski definition) is 2. The minimum atomic E-state index is -0.0389. The molecule has 1 aromatic heterocycles. The molecule has 1 heterocycles. The number of guanidine groups is 1. The highest BCUT2D eigenvalue weighted by molar-refractivity contribution is 6.30. The Balaban J connectivity index is 1.91. The van der Waals surface area contributed by atoms with Gasteiger partial charge in [0.15, 0.2) is 5.96 Å². The summed E-state index contributed by atoms with van der Waals surface area (Å²) < 4.78 is 0. The van der Waals surface area contributed by atoms with Crippen LogP contribution in [0.4, 0.5) is 5.82 Å². The topological polar surface area (TPSA) is 66.0 Å². The number of benzene rings is 2. The largest absolute Gasteiger partial charge is 0.370 e. The summed E-state index contributed by atoms with van der Waals surface area (Å²) in [5.74, 6) is 0.664. The van der Waals surface area contributed by atoms with Gasteiger partial charge in [-0.15, -0.1) is 0 Å². The van der Waals surface area contributed by atoms with Crippen LogP contribution in [0.3, 0.4) is 0 Å². The summed E-state index contributed by atoms with van der Waals surface area (Å²) in [7, 11) is 0. The molecule has 0 bridgehead atoms. The predicted octanol–water partition coefficient (Wildman–Crippen LogP) is 4.23. The van der Waals surface area contributed by atoms with Gasteiger partial charge in [-0.2, -0.15) is 0 Å². The van der Waals surface area contributed by atoms with Crippen molar-refractivity contribution in [2.24, 2.45) is 5.73 Å². The number of rotatable bonds is 5. The summed E-state index contributed by atoms with van der Waals surface area (Å²) >= 11 is 5.95. The molecule has 0 radical (unpaired) electrons. The van der Waals surface area contributed by atoms with E-state index in [1.807, 2.05) is 54.6 Å². The molecule has 0 fully saturated rings. The monoisotopic (exact) mass is 350 g/mol. The van der Waals surface area contributed by atoms with E-state index in [2.05, 4.69) is 17.1 Å². The fourth-order valence-corrected chi connectivity index (χ4v) is 2.80. The second kappa shape index (κ2) is 7.81. The van der Waals surface area contributed by atoms with E-state index < -0.39 is 0 Å². The quantitative estimate of drug-likeness (QED) is 0.534. The minimum Gasteiger partial charge on any atom is -0.370 e. The lowest BCUT2D eigenvalue weighted by atomic mass is 10.1. The molecule has 0 saturated heterocycles. The van der Waals surface area contributed by atoms with Crippen LogP contribution >= 0.6 is 11.6 Å². The van der Waals surface area contributed by atoms with Crippen LogP contribution < -0.4 is 10.6 Å². The number of halogens is 1. The Morgan fingerprint density at radius 2 is 1.68 bits per heavy atom. The molecular formula is C20H19ClN4. The average molecular weight is 351 g/mol. The maximum absolute atomic E-state index is 7.99. The minimum absolute atomic E-state index is 0.0389. The van der Waals surface area contributed by atoms with Crippen molar-refractivity contribution in [1.82, 2.24) is 4.98 Å². The molecule has 4 nitrogen and oxygen atoms in total. The van der Waals surface area contributed by atoms with Crippen molar-refractivity contribution in [3.63, 3.8) is 0 Å². The van der Waals surface area contributed by atoms with Gasteiger partial charge in [-0.25, -0.2) is 4.98 Å². The van der Waals surface area contributed by atoms with Crippen molar-refractivity contribution >= 4 is 23.4 Å². The molecule has 0 aliphatic heterocycles. The maximum Gasteiger partial charge on any atom is 0.194 e. The lowest BCUT2D eigenvalue weighted by Crippen LogP contribution is -2.37. The van der Waals surface area contributed by atoms with Gasteiger partial charge in [0.2, 0.25) is 0 Å². The van der Waals surface area contributed by atoms with E-state index in [0.29, 0.717) is 17.4 Å². The SMILES string of the molecule is N=C(N)N(Cc1ccc(Cl)cc1)c1ncccc1Cc1ccccc1. The highest BCUT2D eigenvalue weighted by atomic mass is 35.5. The van der Waals surface area contributed by atoms with E-state index >= 15 is 0 Å². The summed E-state index contributed by atoms with van der Waals surface area (Å²) in [4.78, 5) is 6.20. The summed E-state index contributed by atoms with van der Waals surface area (Å²) in [6.07, 6.45) is 2.45. The van der Waals surface area contributed by atoms with Gasteiger partial charge >= 0.3 is 0 Å². The maximum atomic E-state index is 7.99. The highest BCUT2D eigenvalue weighted by Gasteiger charge is 2.16. The molecule has 0 saturated carbocycles. The van der Waals surface area contributed by atoms with Gasteiger partial charge in [0.1, 0.15) is 5.82 Å². The summed E-state index contributed by atoms with van der Waals surface area (Å²) in [6.45, 7) is 0.464. The van der Waals surface area contributed by atoms with Crippen LogP contribution in [0.15, 0.2) is 72.9 Å². The number of aromatic nitrogens is 1. The zero-order valence-corrected chi connectivity index (χ0v) is 14.4. The van der Waals surface area contributed by atoms with Crippen LogP contribution in [0.1, 0.15) is 16.7 Å². The Hall–Kier alpha value is -2.85. The number of anilines is 1. The molecule has 2 aromatic carbocycles. The van der Waals surface area contributed by atoms with E-state index in [1.54, 1.807) is 11.1 Å². The van der Waals surface area contributed by atoms with Crippen LogP contribution in [-0.2, 0) is 13.0 Å². The standard InChI is InChI=1S/C20H19ClN4/c21-18-10-8-16(9-11-18)14-25(20(22)23)19-17(7-4-12-24-19)13-15-5-2-1-3-6-15/h1-12H,13-14H2,(H3,22,23). The molecule has 0 atom stereocenters. The van der Waals surface area contributed by atoms with Crippen LogP contribution in [-0.4, -0.2) is 10.9 Å². The molecule has 0 aliphatic carbocycles. The lowest BCUT2D eigenvalue weighted by Gasteiger charge is -2.24. The van der Waals surface area contributed by atoms with Crippen molar-refractivity contribution in [3.05, 3.63) is 94.6 Å². The number of nitrogens with one attached hydrogen (secondary N) is 1. The Morgan fingerprint density at radius 1 is 0.960 bits per heavy atom. The van der Waals surface area contributed by atoms with Gasteiger partial charge < -0.3 is 5.73 Å². The van der Waals surface area contributed by atoms with E-state index in [4.69, 9.17) is 22.7 Å². The van der Waals surface area contributed by atoms with Gasteiger partial charge in [-0.05, 0) is 34.9 Å². The Kier molecular flexibility index (Phi) is 5.31. The van der Waals surface area contributed by atoms with E-state index in [9.17, 15) is 0 Å². The molecule has 126 valence electrons. The van der Waals surface area contributed by atoms with Crippen molar-refractivity contribution in [1.29, 1.82) is 5.41 Å². The highest BCUT2D eigenvalue weighted by Crippen LogP contribution is 2.22. The van der Waals surface area contributed by atoms with E-state index in [0.717, 1.165) is 17.5 Å². The van der Waals surface area contributed by atoms with Crippen LogP contribution in [0.25, 0.3) is 0 Å². The fourth-order valence-electron chi connectivity index (χ4n) is 2.67. The first-order valence-corrected chi connectivity index (χ1v) is 8.35. The summed E-state index contributed by atoms with van der Waals surface area (Å²) in [5.41, 5.74) is 9.07. The van der Waals surface area contributed by atoms with Crippen molar-refractivity contribution < 1.29 is 0 Å². The number of pyridine rings is 1. The lowest BCUT2D eigenvalue weighted by molar-refractivity contribution is 0.940. The van der Waals surface area contributed by atoms with Crippen LogP contribution in [0.2, 0.25) is 5.02 Å². The number of nitrogens with two attached hydrogens (primary N) is 1. The normalized spacial score (nSPS) is 10.4.